The molecule has 0 saturated carbocycles. The largest absolute Gasteiger partial charge is 0.311 e. The third-order valence-corrected chi connectivity index (χ3v) is 3.45. The first-order chi connectivity index (χ1) is 8.00. The van der Waals surface area contributed by atoms with Crippen molar-refractivity contribution in [3.63, 3.8) is 0 Å². The fraction of sp³-hybridized carbons (Fsp3) is 0.500. The second-order valence-electron chi connectivity index (χ2n) is 5.02. The second kappa shape index (κ2) is 4.81. The zero-order valence-electron chi connectivity index (χ0n) is 10.4. The second-order valence-corrected chi connectivity index (χ2v) is 7.00. The summed E-state index contributed by atoms with van der Waals surface area (Å²) < 4.78 is -0.496. The van der Waals surface area contributed by atoms with Gasteiger partial charge in [0.05, 0.1) is 4.32 Å². The standard InChI is InChI=1S/C14H18BrNO/c1-14(2,15)13(17)16-10-6-5-8-11-7-3-4-9-12(11)16/h3-4,7,9H,5-6,8,10H2,1-2H3. The van der Waals surface area contributed by atoms with Crippen LogP contribution < -0.4 is 4.90 Å². The Kier molecular flexibility index (Phi) is 3.57. The van der Waals surface area contributed by atoms with Gasteiger partial charge in [-0.05, 0) is 44.7 Å². The Hall–Kier alpha value is -0.830. The van der Waals surface area contributed by atoms with Gasteiger partial charge in [0, 0.05) is 12.2 Å². The van der Waals surface area contributed by atoms with E-state index in [4.69, 9.17) is 0 Å². The molecule has 1 aromatic carbocycles. The van der Waals surface area contributed by atoms with Crippen LogP contribution >= 0.6 is 15.9 Å². The highest BCUT2D eigenvalue weighted by Crippen LogP contribution is 2.30. The summed E-state index contributed by atoms with van der Waals surface area (Å²) in [4.78, 5) is 14.3. The van der Waals surface area contributed by atoms with Gasteiger partial charge in [-0.1, -0.05) is 34.1 Å². The molecule has 3 heteroatoms. The molecule has 0 aliphatic carbocycles. The van der Waals surface area contributed by atoms with Gasteiger partial charge in [-0.3, -0.25) is 4.79 Å². The number of hydrogen-bond acceptors (Lipinski definition) is 1. The predicted molar refractivity (Wildman–Crippen MR) is 74.7 cm³/mol. The molecule has 0 radical (unpaired) electrons. The number of rotatable bonds is 1. The van der Waals surface area contributed by atoms with Gasteiger partial charge in [0.2, 0.25) is 5.91 Å². The van der Waals surface area contributed by atoms with Gasteiger partial charge < -0.3 is 4.90 Å². The van der Waals surface area contributed by atoms with E-state index >= 15 is 0 Å². The molecule has 1 aromatic rings. The normalized spacial score (nSPS) is 16.3. The Labute approximate surface area is 111 Å². The van der Waals surface area contributed by atoms with Gasteiger partial charge in [-0.2, -0.15) is 0 Å². The van der Waals surface area contributed by atoms with E-state index in [9.17, 15) is 4.79 Å². The number of fused-ring (bicyclic) bond motifs is 1. The van der Waals surface area contributed by atoms with Crippen LogP contribution in [0.2, 0.25) is 0 Å². The molecule has 0 atom stereocenters. The number of amides is 1. The van der Waals surface area contributed by atoms with Crippen molar-refractivity contribution in [1.29, 1.82) is 0 Å². The quantitative estimate of drug-likeness (QED) is 0.726. The molecule has 0 fully saturated rings. The topological polar surface area (TPSA) is 20.3 Å². The average Bonchev–Trinajstić information content (AvgIpc) is 2.48. The molecule has 0 bridgehead atoms. The summed E-state index contributed by atoms with van der Waals surface area (Å²) in [6, 6.07) is 8.23. The Balaban J connectivity index is 2.38. The first-order valence-corrected chi connectivity index (χ1v) is 6.88. The summed E-state index contributed by atoms with van der Waals surface area (Å²) in [5.41, 5.74) is 2.37. The minimum Gasteiger partial charge on any atom is -0.311 e. The summed E-state index contributed by atoms with van der Waals surface area (Å²) in [7, 11) is 0. The van der Waals surface area contributed by atoms with Crippen LogP contribution in [0.1, 0.15) is 32.3 Å². The lowest BCUT2D eigenvalue weighted by Crippen LogP contribution is -2.42. The molecule has 1 aliphatic rings. The number of hydrogen-bond donors (Lipinski definition) is 0. The van der Waals surface area contributed by atoms with Gasteiger partial charge in [0.15, 0.2) is 0 Å². The van der Waals surface area contributed by atoms with Crippen LogP contribution in [0.4, 0.5) is 5.69 Å². The summed E-state index contributed by atoms with van der Waals surface area (Å²) >= 11 is 3.47. The van der Waals surface area contributed by atoms with Gasteiger partial charge in [0.25, 0.3) is 0 Å². The first-order valence-electron chi connectivity index (χ1n) is 6.09. The maximum atomic E-state index is 12.4. The first kappa shape index (κ1) is 12.6. The van der Waals surface area contributed by atoms with E-state index in [1.165, 1.54) is 5.56 Å². The van der Waals surface area contributed by atoms with Crippen LogP contribution in [0.25, 0.3) is 0 Å². The number of carbonyl (C=O) groups excluding carboxylic acids is 1. The maximum Gasteiger partial charge on any atom is 0.243 e. The number of carbonyl (C=O) groups is 1. The zero-order valence-corrected chi connectivity index (χ0v) is 12.0. The number of alkyl halides is 1. The number of benzene rings is 1. The molecule has 92 valence electrons. The van der Waals surface area contributed by atoms with E-state index in [1.807, 2.05) is 30.9 Å². The summed E-state index contributed by atoms with van der Waals surface area (Å²) in [6.07, 6.45) is 3.30. The van der Waals surface area contributed by atoms with Crippen molar-refractivity contribution >= 4 is 27.5 Å². The lowest BCUT2D eigenvalue weighted by molar-refractivity contribution is -0.120. The molecule has 1 heterocycles. The Morgan fingerprint density at radius 2 is 2.00 bits per heavy atom. The highest BCUT2D eigenvalue weighted by atomic mass is 79.9. The molecule has 1 amide bonds. The highest BCUT2D eigenvalue weighted by Gasteiger charge is 2.31. The van der Waals surface area contributed by atoms with Crippen LogP contribution in [-0.4, -0.2) is 16.8 Å². The monoisotopic (exact) mass is 295 g/mol. The van der Waals surface area contributed by atoms with E-state index in [-0.39, 0.29) is 5.91 Å². The Morgan fingerprint density at radius 3 is 2.71 bits per heavy atom. The molecule has 0 unspecified atom stereocenters. The third-order valence-electron chi connectivity index (χ3n) is 3.11. The number of aryl methyl sites for hydroxylation is 1. The molecule has 2 nitrogen and oxygen atoms in total. The molecule has 2 rings (SSSR count). The van der Waals surface area contributed by atoms with Crippen LogP contribution in [0, 0.1) is 0 Å². The van der Waals surface area contributed by atoms with Gasteiger partial charge >= 0.3 is 0 Å². The van der Waals surface area contributed by atoms with Crippen molar-refractivity contribution < 1.29 is 4.79 Å². The summed E-state index contributed by atoms with van der Waals surface area (Å²) in [5.74, 6) is 0.145. The molecule has 0 N–H and O–H groups in total. The van der Waals surface area contributed by atoms with E-state index < -0.39 is 4.32 Å². The van der Waals surface area contributed by atoms with Crippen molar-refractivity contribution in [3.05, 3.63) is 29.8 Å². The summed E-state index contributed by atoms with van der Waals surface area (Å²) in [5, 5.41) is 0. The van der Waals surface area contributed by atoms with Gasteiger partial charge in [-0.25, -0.2) is 0 Å². The minimum atomic E-state index is -0.496. The number of para-hydroxylation sites is 1. The van der Waals surface area contributed by atoms with Crippen LogP contribution in [0.3, 0.4) is 0 Å². The van der Waals surface area contributed by atoms with Crippen molar-refractivity contribution in [2.75, 3.05) is 11.4 Å². The lowest BCUT2D eigenvalue weighted by atomic mass is 10.1. The van der Waals surface area contributed by atoms with E-state index in [1.54, 1.807) is 0 Å². The van der Waals surface area contributed by atoms with Crippen molar-refractivity contribution in [2.45, 2.75) is 37.4 Å². The molecule has 0 saturated heterocycles. The fourth-order valence-corrected chi connectivity index (χ4v) is 2.44. The van der Waals surface area contributed by atoms with Gasteiger partial charge in [-0.15, -0.1) is 0 Å². The molecular weight excluding hydrogens is 278 g/mol. The highest BCUT2D eigenvalue weighted by molar-refractivity contribution is 9.10. The molecule has 0 spiro atoms. The molecular formula is C14H18BrNO. The van der Waals surface area contributed by atoms with E-state index in [0.717, 1.165) is 31.5 Å². The van der Waals surface area contributed by atoms with Crippen LogP contribution in [-0.2, 0) is 11.2 Å². The number of nitrogens with zero attached hydrogens (tertiary/aromatic N) is 1. The van der Waals surface area contributed by atoms with E-state index in [0.29, 0.717) is 0 Å². The Morgan fingerprint density at radius 1 is 1.29 bits per heavy atom. The Bertz CT molecular complexity index is 422. The van der Waals surface area contributed by atoms with Gasteiger partial charge in [0.1, 0.15) is 0 Å². The van der Waals surface area contributed by atoms with Crippen LogP contribution in [0.5, 0.6) is 0 Å². The third kappa shape index (κ3) is 2.71. The zero-order chi connectivity index (χ0) is 12.5. The SMILES string of the molecule is CC(C)(Br)C(=O)N1CCCCc2ccccc21. The average molecular weight is 296 g/mol. The van der Waals surface area contributed by atoms with Crippen molar-refractivity contribution in [3.8, 4) is 0 Å². The van der Waals surface area contributed by atoms with Crippen molar-refractivity contribution in [2.24, 2.45) is 0 Å². The molecule has 1 aliphatic heterocycles. The summed E-state index contributed by atoms with van der Waals surface area (Å²) in [6.45, 7) is 4.64. The lowest BCUT2D eigenvalue weighted by Gasteiger charge is -2.28. The maximum absolute atomic E-state index is 12.4. The number of halogens is 1. The minimum absolute atomic E-state index is 0.145. The fourth-order valence-electron chi connectivity index (χ4n) is 2.22. The predicted octanol–water partition coefficient (Wildman–Crippen LogP) is 3.53. The van der Waals surface area contributed by atoms with E-state index in [2.05, 4.69) is 28.1 Å². The van der Waals surface area contributed by atoms with Crippen molar-refractivity contribution in [1.82, 2.24) is 0 Å². The van der Waals surface area contributed by atoms with Crippen LogP contribution in [0.15, 0.2) is 24.3 Å². The smallest absolute Gasteiger partial charge is 0.243 e. The number of anilines is 1. The molecule has 0 aromatic heterocycles. The molecule has 17 heavy (non-hydrogen) atoms.